The Bertz CT molecular complexity index is 643. The van der Waals surface area contributed by atoms with Crippen molar-refractivity contribution in [3.05, 3.63) is 53.8 Å². The van der Waals surface area contributed by atoms with E-state index >= 15 is 0 Å². The van der Waals surface area contributed by atoms with E-state index in [0.29, 0.717) is 30.5 Å². The third kappa shape index (κ3) is 4.03. The predicted molar refractivity (Wildman–Crippen MR) is 84.7 cm³/mol. The zero-order valence-electron chi connectivity index (χ0n) is 11.6. The lowest BCUT2D eigenvalue weighted by atomic mass is 10.1. The number of aromatic nitrogens is 1. The first-order valence-corrected chi connectivity index (χ1v) is 7.12. The third-order valence-corrected chi connectivity index (χ3v) is 3.29. The monoisotopic (exact) mass is 304 g/mol. The van der Waals surface area contributed by atoms with Crippen molar-refractivity contribution < 1.29 is 9.53 Å². The van der Waals surface area contributed by atoms with Crippen LogP contribution in [0.4, 0.5) is 0 Å². The van der Waals surface area contributed by atoms with Crippen molar-refractivity contribution in [2.24, 2.45) is 0 Å². The molecular formula is C16H17ClN2O2. The van der Waals surface area contributed by atoms with Crippen LogP contribution in [-0.4, -0.2) is 30.6 Å². The lowest BCUT2D eigenvalue weighted by Gasteiger charge is -2.08. The van der Waals surface area contributed by atoms with E-state index in [1.54, 1.807) is 6.08 Å². The van der Waals surface area contributed by atoms with Crippen LogP contribution in [0, 0.1) is 0 Å². The number of pyridine rings is 1. The highest BCUT2D eigenvalue weighted by molar-refractivity contribution is 6.34. The van der Waals surface area contributed by atoms with Crippen molar-refractivity contribution in [3.8, 4) is 0 Å². The van der Waals surface area contributed by atoms with Gasteiger partial charge in [0.15, 0.2) is 0 Å². The van der Waals surface area contributed by atoms with E-state index in [1.807, 2.05) is 24.3 Å². The Morgan fingerprint density at radius 3 is 2.86 bits per heavy atom. The van der Waals surface area contributed by atoms with Gasteiger partial charge in [-0.05, 0) is 11.8 Å². The molecule has 0 fully saturated rings. The summed E-state index contributed by atoms with van der Waals surface area (Å²) in [7, 11) is 0. The van der Waals surface area contributed by atoms with Crippen LogP contribution < -0.4 is 5.32 Å². The molecule has 4 nitrogen and oxygen atoms in total. The number of carbonyl (C=O) groups excluding carboxylic acids is 1. The van der Waals surface area contributed by atoms with Gasteiger partial charge in [-0.15, -0.1) is 6.58 Å². The number of nitrogens with one attached hydrogen (secondary N) is 1. The van der Waals surface area contributed by atoms with Crippen molar-refractivity contribution in [1.82, 2.24) is 10.3 Å². The van der Waals surface area contributed by atoms with Gasteiger partial charge in [-0.1, -0.05) is 41.9 Å². The number of halogens is 1. The van der Waals surface area contributed by atoms with E-state index < -0.39 is 0 Å². The molecule has 1 aromatic heterocycles. The lowest BCUT2D eigenvalue weighted by Crippen LogP contribution is -2.27. The predicted octanol–water partition coefficient (Wildman–Crippen LogP) is 3.21. The first-order valence-electron chi connectivity index (χ1n) is 6.74. The van der Waals surface area contributed by atoms with Crippen LogP contribution in [0.3, 0.4) is 0 Å². The standard InChI is InChI=1S/C16H17ClN2O2/c1-2-3-9-21-10-8-18-16(20)14-11-19-15(17)13-7-5-4-6-12(13)14/h2,4-7,11H,1,3,8-10H2,(H,18,20). The molecule has 21 heavy (non-hydrogen) atoms. The summed E-state index contributed by atoms with van der Waals surface area (Å²) in [5.41, 5.74) is 0.515. The zero-order valence-corrected chi connectivity index (χ0v) is 12.4. The molecule has 5 heteroatoms. The Morgan fingerprint density at radius 1 is 1.33 bits per heavy atom. The van der Waals surface area contributed by atoms with E-state index in [9.17, 15) is 4.79 Å². The maximum absolute atomic E-state index is 12.2. The summed E-state index contributed by atoms with van der Waals surface area (Å²) in [6.07, 6.45) is 4.10. The van der Waals surface area contributed by atoms with Gasteiger partial charge in [0.05, 0.1) is 18.8 Å². The Balaban J connectivity index is 2.00. The number of fused-ring (bicyclic) bond motifs is 1. The minimum atomic E-state index is -0.178. The number of amides is 1. The van der Waals surface area contributed by atoms with Crippen LogP contribution in [0.25, 0.3) is 10.8 Å². The number of ether oxygens (including phenoxy) is 1. The molecule has 2 rings (SSSR count). The molecule has 2 aromatic rings. The van der Waals surface area contributed by atoms with E-state index in [1.165, 1.54) is 6.20 Å². The van der Waals surface area contributed by atoms with Crippen molar-refractivity contribution in [1.29, 1.82) is 0 Å². The molecule has 1 amide bonds. The summed E-state index contributed by atoms with van der Waals surface area (Å²) in [4.78, 5) is 16.3. The Hall–Kier alpha value is -1.91. The normalized spacial score (nSPS) is 10.5. The zero-order chi connectivity index (χ0) is 15.1. The third-order valence-electron chi connectivity index (χ3n) is 2.99. The molecule has 0 spiro atoms. The second kappa shape index (κ2) is 7.76. The summed E-state index contributed by atoms with van der Waals surface area (Å²) >= 11 is 6.04. The summed E-state index contributed by atoms with van der Waals surface area (Å²) < 4.78 is 5.34. The first kappa shape index (κ1) is 15.5. The van der Waals surface area contributed by atoms with Crippen molar-refractivity contribution in [3.63, 3.8) is 0 Å². The van der Waals surface area contributed by atoms with Crippen LogP contribution >= 0.6 is 11.6 Å². The number of carbonyl (C=O) groups is 1. The molecule has 0 aliphatic carbocycles. The molecule has 0 unspecified atom stereocenters. The fourth-order valence-electron chi connectivity index (χ4n) is 1.94. The van der Waals surface area contributed by atoms with Gasteiger partial charge in [-0.3, -0.25) is 4.79 Å². The number of hydrogen-bond donors (Lipinski definition) is 1. The average molecular weight is 305 g/mol. The molecule has 0 saturated carbocycles. The molecule has 1 heterocycles. The summed E-state index contributed by atoms with van der Waals surface area (Å²) in [5.74, 6) is -0.178. The Labute approximate surface area is 128 Å². The van der Waals surface area contributed by atoms with Gasteiger partial charge in [0, 0.05) is 18.1 Å². The van der Waals surface area contributed by atoms with E-state index in [-0.39, 0.29) is 5.91 Å². The van der Waals surface area contributed by atoms with Gasteiger partial charge in [0.25, 0.3) is 5.91 Å². The van der Waals surface area contributed by atoms with Gasteiger partial charge < -0.3 is 10.1 Å². The second-order valence-corrected chi connectivity index (χ2v) is 4.81. The van der Waals surface area contributed by atoms with Crippen molar-refractivity contribution >= 4 is 28.3 Å². The summed E-state index contributed by atoms with van der Waals surface area (Å²) in [6, 6.07) is 7.44. The molecule has 1 N–H and O–H groups in total. The summed E-state index contributed by atoms with van der Waals surface area (Å²) in [6.45, 7) is 5.15. The Morgan fingerprint density at radius 2 is 2.10 bits per heavy atom. The fourth-order valence-corrected chi connectivity index (χ4v) is 2.15. The minimum absolute atomic E-state index is 0.178. The summed E-state index contributed by atoms with van der Waals surface area (Å²) in [5, 5.41) is 4.78. The molecule has 0 aliphatic heterocycles. The van der Waals surface area contributed by atoms with E-state index in [2.05, 4.69) is 16.9 Å². The minimum Gasteiger partial charge on any atom is -0.379 e. The van der Waals surface area contributed by atoms with E-state index in [4.69, 9.17) is 16.3 Å². The van der Waals surface area contributed by atoms with Crippen LogP contribution in [0.15, 0.2) is 43.1 Å². The molecular weight excluding hydrogens is 288 g/mol. The molecule has 0 radical (unpaired) electrons. The number of benzene rings is 1. The SMILES string of the molecule is C=CCCOCCNC(=O)c1cnc(Cl)c2ccccc12. The quantitative estimate of drug-likeness (QED) is 0.485. The molecule has 1 aromatic carbocycles. The van der Waals surface area contributed by atoms with Crippen molar-refractivity contribution in [2.45, 2.75) is 6.42 Å². The van der Waals surface area contributed by atoms with Crippen molar-refractivity contribution in [2.75, 3.05) is 19.8 Å². The maximum Gasteiger partial charge on any atom is 0.253 e. The molecule has 110 valence electrons. The highest BCUT2D eigenvalue weighted by atomic mass is 35.5. The largest absolute Gasteiger partial charge is 0.379 e. The molecule has 0 aliphatic rings. The van der Waals surface area contributed by atoms with Crippen LogP contribution in [0.2, 0.25) is 5.15 Å². The van der Waals surface area contributed by atoms with Gasteiger partial charge >= 0.3 is 0 Å². The Kier molecular flexibility index (Phi) is 5.72. The number of rotatable bonds is 7. The molecule has 0 atom stereocenters. The van der Waals surface area contributed by atoms with Crippen LogP contribution in [0.1, 0.15) is 16.8 Å². The highest BCUT2D eigenvalue weighted by Gasteiger charge is 2.12. The van der Waals surface area contributed by atoms with Crippen LogP contribution in [0.5, 0.6) is 0 Å². The first-order chi connectivity index (χ1) is 10.2. The van der Waals surface area contributed by atoms with E-state index in [0.717, 1.165) is 17.2 Å². The van der Waals surface area contributed by atoms with Gasteiger partial charge in [-0.2, -0.15) is 0 Å². The topological polar surface area (TPSA) is 51.2 Å². The van der Waals surface area contributed by atoms with Gasteiger partial charge in [-0.25, -0.2) is 4.98 Å². The second-order valence-electron chi connectivity index (χ2n) is 4.45. The van der Waals surface area contributed by atoms with Gasteiger partial charge in [0.1, 0.15) is 5.15 Å². The average Bonchev–Trinajstić information content (AvgIpc) is 2.51. The number of hydrogen-bond acceptors (Lipinski definition) is 3. The van der Waals surface area contributed by atoms with Gasteiger partial charge in [0.2, 0.25) is 0 Å². The van der Waals surface area contributed by atoms with Crippen LogP contribution in [-0.2, 0) is 4.74 Å². The maximum atomic E-state index is 12.2. The lowest BCUT2D eigenvalue weighted by molar-refractivity contribution is 0.0919. The fraction of sp³-hybridized carbons (Fsp3) is 0.250. The highest BCUT2D eigenvalue weighted by Crippen LogP contribution is 2.23. The molecule has 0 bridgehead atoms. The smallest absolute Gasteiger partial charge is 0.253 e. The molecule has 0 saturated heterocycles. The number of nitrogens with zero attached hydrogens (tertiary/aromatic N) is 1.